The summed E-state index contributed by atoms with van der Waals surface area (Å²) < 4.78 is 7.38. The molecule has 0 saturated carbocycles. The molecular formula is C28H32N4O2. The third-order valence-corrected chi connectivity index (χ3v) is 6.23. The normalized spacial score (nSPS) is 12.9. The Morgan fingerprint density at radius 3 is 2.53 bits per heavy atom. The maximum atomic E-state index is 13.1. The first-order valence-electron chi connectivity index (χ1n) is 11.8. The average molecular weight is 457 g/mol. The van der Waals surface area contributed by atoms with Gasteiger partial charge in [0.05, 0.1) is 19.2 Å². The van der Waals surface area contributed by atoms with Gasteiger partial charge in [0.15, 0.2) is 5.65 Å². The molecule has 34 heavy (non-hydrogen) atoms. The van der Waals surface area contributed by atoms with Crippen molar-refractivity contribution in [2.24, 2.45) is 0 Å². The molecule has 0 aliphatic rings. The smallest absolute Gasteiger partial charge is 0.221 e. The van der Waals surface area contributed by atoms with Crippen LogP contribution in [0.15, 0.2) is 72.9 Å². The number of nitrogens with zero attached hydrogens (tertiary/aromatic N) is 3. The molecule has 176 valence electrons. The first-order valence-corrected chi connectivity index (χ1v) is 11.8. The standard InChI is InChI=1S/C28H32N4O2/c1-4-18-28(2,22-9-6-5-7-10-22)31-26(33)17-16-25-30-24-11-8-19-29-27(24)32(25)20-21-12-14-23(34-3)15-13-21/h5-15,19H,4,16-18,20H2,1-3H3,(H,31,33)/t28-/m0/s1. The van der Waals surface area contributed by atoms with E-state index in [1.807, 2.05) is 54.6 Å². The second-order valence-corrected chi connectivity index (χ2v) is 8.80. The highest BCUT2D eigenvalue weighted by Crippen LogP contribution is 2.26. The van der Waals surface area contributed by atoms with Crippen molar-refractivity contribution in [3.05, 3.63) is 89.9 Å². The van der Waals surface area contributed by atoms with E-state index in [2.05, 4.69) is 40.8 Å². The van der Waals surface area contributed by atoms with Gasteiger partial charge < -0.3 is 14.6 Å². The molecule has 2 aromatic carbocycles. The molecule has 0 aliphatic carbocycles. The van der Waals surface area contributed by atoms with Gasteiger partial charge in [-0.15, -0.1) is 0 Å². The van der Waals surface area contributed by atoms with Gasteiger partial charge >= 0.3 is 0 Å². The number of methoxy groups -OCH3 is 1. The Kier molecular flexibility index (Phi) is 7.26. The number of rotatable bonds is 10. The van der Waals surface area contributed by atoms with Gasteiger partial charge in [-0.25, -0.2) is 9.97 Å². The zero-order valence-corrected chi connectivity index (χ0v) is 20.1. The van der Waals surface area contributed by atoms with E-state index in [4.69, 9.17) is 9.72 Å². The van der Waals surface area contributed by atoms with E-state index in [0.717, 1.165) is 46.7 Å². The molecule has 0 bridgehead atoms. The fourth-order valence-electron chi connectivity index (χ4n) is 4.46. The minimum Gasteiger partial charge on any atom is -0.497 e. The average Bonchev–Trinajstić information content (AvgIpc) is 3.21. The van der Waals surface area contributed by atoms with Crippen LogP contribution in [0, 0.1) is 0 Å². The predicted molar refractivity (Wildman–Crippen MR) is 135 cm³/mol. The Hall–Kier alpha value is -3.67. The van der Waals surface area contributed by atoms with Crippen LogP contribution >= 0.6 is 0 Å². The van der Waals surface area contributed by atoms with E-state index in [1.54, 1.807) is 13.3 Å². The monoisotopic (exact) mass is 456 g/mol. The van der Waals surface area contributed by atoms with Crippen LogP contribution in [0.2, 0.25) is 0 Å². The number of benzene rings is 2. The number of aryl methyl sites for hydroxylation is 1. The number of ether oxygens (including phenoxy) is 1. The van der Waals surface area contributed by atoms with Gasteiger partial charge in [0.1, 0.15) is 17.1 Å². The maximum absolute atomic E-state index is 13.1. The van der Waals surface area contributed by atoms with Crippen molar-refractivity contribution >= 4 is 17.1 Å². The minimum absolute atomic E-state index is 0.0239. The van der Waals surface area contributed by atoms with Crippen molar-refractivity contribution < 1.29 is 9.53 Å². The molecule has 0 saturated heterocycles. The Morgan fingerprint density at radius 2 is 1.82 bits per heavy atom. The molecule has 2 heterocycles. The summed E-state index contributed by atoms with van der Waals surface area (Å²) in [5.41, 5.74) is 3.52. The highest BCUT2D eigenvalue weighted by atomic mass is 16.5. The quantitative estimate of drug-likeness (QED) is 0.354. The molecule has 0 aliphatic heterocycles. The number of fused-ring (bicyclic) bond motifs is 1. The van der Waals surface area contributed by atoms with Gasteiger partial charge in [0.2, 0.25) is 5.91 Å². The number of imidazole rings is 1. The summed E-state index contributed by atoms with van der Waals surface area (Å²) in [4.78, 5) is 22.4. The first-order chi connectivity index (χ1) is 16.5. The SMILES string of the molecule is CCC[C@](C)(NC(=O)CCc1nc2cccnc2n1Cc1ccc(OC)cc1)c1ccccc1. The van der Waals surface area contributed by atoms with Crippen LogP contribution in [-0.2, 0) is 23.3 Å². The van der Waals surface area contributed by atoms with E-state index in [-0.39, 0.29) is 5.91 Å². The van der Waals surface area contributed by atoms with E-state index in [1.165, 1.54) is 0 Å². The van der Waals surface area contributed by atoms with Crippen molar-refractivity contribution in [2.75, 3.05) is 7.11 Å². The molecule has 0 fully saturated rings. The fraction of sp³-hybridized carbons (Fsp3) is 0.321. The van der Waals surface area contributed by atoms with Gasteiger partial charge in [-0.2, -0.15) is 0 Å². The molecule has 1 N–H and O–H groups in total. The lowest BCUT2D eigenvalue weighted by atomic mass is 9.87. The zero-order chi connectivity index (χ0) is 24.0. The van der Waals surface area contributed by atoms with Crippen LogP contribution in [0.4, 0.5) is 0 Å². The fourth-order valence-corrected chi connectivity index (χ4v) is 4.46. The van der Waals surface area contributed by atoms with Crippen molar-refractivity contribution in [1.82, 2.24) is 19.9 Å². The number of carbonyl (C=O) groups is 1. The molecule has 2 aromatic heterocycles. The van der Waals surface area contributed by atoms with Crippen molar-refractivity contribution in [3.8, 4) is 5.75 Å². The van der Waals surface area contributed by atoms with Gasteiger partial charge in [-0.3, -0.25) is 4.79 Å². The van der Waals surface area contributed by atoms with Gasteiger partial charge in [0, 0.05) is 19.0 Å². The third kappa shape index (κ3) is 5.28. The number of nitrogens with one attached hydrogen (secondary N) is 1. The van der Waals surface area contributed by atoms with Crippen molar-refractivity contribution in [2.45, 2.75) is 51.6 Å². The van der Waals surface area contributed by atoms with Crippen LogP contribution in [0.5, 0.6) is 5.75 Å². The van der Waals surface area contributed by atoms with Crippen molar-refractivity contribution in [3.63, 3.8) is 0 Å². The molecule has 1 atom stereocenters. The van der Waals surface area contributed by atoms with Crippen molar-refractivity contribution in [1.29, 1.82) is 0 Å². The van der Waals surface area contributed by atoms with Crippen LogP contribution in [-0.4, -0.2) is 27.6 Å². The summed E-state index contributed by atoms with van der Waals surface area (Å²) in [5.74, 6) is 1.70. The summed E-state index contributed by atoms with van der Waals surface area (Å²) in [6.45, 7) is 4.88. The van der Waals surface area contributed by atoms with Crippen LogP contribution in [0.25, 0.3) is 11.2 Å². The summed E-state index contributed by atoms with van der Waals surface area (Å²) in [5, 5.41) is 3.29. The Balaban J connectivity index is 1.52. The highest BCUT2D eigenvalue weighted by molar-refractivity contribution is 5.77. The molecule has 4 rings (SSSR count). The van der Waals surface area contributed by atoms with Crippen LogP contribution < -0.4 is 10.1 Å². The number of hydrogen-bond donors (Lipinski definition) is 1. The summed E-state index contributed by atoms with van der Waals surface area (Å²) in [6.07, 6.45) is 4.53. The van der Waals surface area contributed by atoms with Crippen LogP contribution in [0.1, 0.15) is 50.1 Å². The third-order valence-electron chi connectivity index (χ3n) is 6.23. The van der Waals surface area contributed by atoms with Gasteiger partial charge in [-0.05, 0) is 48.7 Å². The predicted octanol–water partition coefficient (Wildman–Crippen LogP) is 5.25. The topological polar surface area (TPSA) is 69.0 Å². The highest BCUT2D eigenvalue weighted by Gasteiger charge is 2.27. The molecule has 0 spiro atoms. The van der Waals surface area contributed by atoms with E-state index < -0.39 is 5.54 Å². The maximum Gasteiger partial charge on any atom is 0.221 e. The summed E-state index contributed by atoms with van der Waals surface area (Å²) in [6, 6.07) is 22.0. The Morgan fingerprint density at radius 1 is 1.06 bits per heavy atom. The summed E-state index contributed by atoms with van der Waals surface area (Å²) in [7, 11) is 1.66. The van der Waals surface area contributed by atoms with Gasteiger partial charge in [-0.1, -0.05) is 55.8 Å². The van der Waals surface area contributed by atoms with Gasteiger partial charge in [0.25, 0.3) is 0 Å². The molecule has 4 aromatic rings. The molecule has 6 nitrogen and oxygen atoms in total. The Labute approximate surface area is 201 Å². The minimum atomic E-state index is -0.391. The molecular weight excluding hydrogens is 424 g/mol. The lowest BCUT2D eigenvalue weighted by Crippen LogP contribution is -2.43. The number of pyridine rings is 1. The zero-order valence-electron chi connectivity index (χ0n) is 20.1. The molecule has 0 unspecified atom stereocenters. The number of aromatic nitrogens is 3. The second kappa shape index (κ2) is 10.5. The largest absolute Gasteiger partial charge is 0.497 e. The first kappa shape index (κ1) is 23.5. The number of hydrogen-bond acceptors (Lipinski definition) is 4. The summed E-state index contributed by atoms with van der Waals surface area (Å²) >= 11 is 0. The lowest BCUT2D eigenvalue weighted by molar-refractivity contribution is -0.123. The van der Waals surface area contributed by atoms with E-state index >= 15 is 0 Å². The van der Waals surface area contributed by atoms with E-state index in [0.29, 0.717) is 19.4 Å². The van der Waals surface area contributed by atoms with E-state index in [9.17, 15) is 4.79 Å². The molecule has 6 heteroatoms. The molecule has 0 radical (unpaired) electrons. The molecule has 1 amide bonds. The number of carbonyl (C=O) groups excluding carboxylic acids is 1. The lowest BCUT2D eigenvalue weighted by Gasteiger charge is -2.31. The Bertz CT molecular complexity index is 1230. The second-order valence-electron chi connectivity index (χ2n) is 8.80. The van der Waals surface area contributed by atoms with Crippen LogP contribution in [0.3, 0.4) is 0 Å². The number of amides is 1.